The average molecular weight is 376 g/mol. The summed E-state index contributed by atoms with van der Waals surface area (Å²) < 4.78 is 5.74. The molecule has 2 aromatic carbocycles. The molecule has 6 heteroatoms. The van der Waals surface area contributed by atoms with Gasteiger partial charge in [-0.1, -0.05) is 18.2 Å². The summed E-state index contributed by atoms with van der Waals surface area (Å²) in [4.78, 5) is 18.8. The number of benzene rings is 2. The minimum atomic E-state index is -0.147. The van der Waals surface area contributed by atoms with Crippen LogP contribution in [0.4, 0.5) is 17.2 Å². The number of rotatable bonds is 7. The number of anilines is 3. The number of pyridine rings is 1. The van der Waals surface area contributed by atoms with Crippen molar-refractivity contribution >= 4 is 23.1 Å². The molecule has 28 heavy (non-hydrogen) atoms. The molecule has 3 N–H and O–H groups in total. The summed E-state index contributed by atoms with van der Waals surface area (Å²) in [5.74, 6) is 1.09. The zero-order valence-corrected chi connectivity index (χ0v) is 16.1. The summed E-state index contributed by atoms with van der Waals surface area (Å²) in [6.45, 7) is 0.498. The molecule has 6 nitrogen and oxygen atoms in total. The van der Waals surface area contributed by atoms with Crippen molar-refractivity contribution < 1.29 is 9.53 Å². The van der Waals surface area contributed by atoms with Crippen molar-refractivity contribution in [1.82, 2.24) is 4.98 Å². The quantitative estimate of drug-likeness (QED) is 0.658. The lowest BCUT2D eigenvalue weighted by molar-refractivity contribution is 0.102. The predicted molar refractivity (Wildman–Crippen MR) is 113 cm³/mol. The zero-order valence-electron chi connectivity index (χ0n) is 16.1. The largest absolute Gasteiger partial charge is 0.493 e. The molecule has 0 atom stereocenters. The number of nitrogens with zero attached hydrogens (tertiary/aromatic N) is 2. The van der Waals surface area contributed by atoms with Crippen molar-refractivity contribution in [3.63, 3.8) is 0 Å². The lowest BCUT2D eigenvalue weighted by Gasteiger charge is -2.17. The van der Waals surface area contributed by atoms with E-state index in [9.17, 15) is 4.79 Å². The van der Waals surface area contributed by atoms with E-state index in [2.05, 4.69) is 10.3 Å². The van der Waals surface area contributed by atoms with Crippen LogP contribution in [-0.2, 0) is 6.42 Å². The third kappa shape index (κ3) is 5.01. The van der Waals surface area contributed by atoms with E-state index in [-0.39, 0.29) is 5.91 Å². The molecular formula is C22H24N4O2. The topological polar surface area (TPSA) is 80.5 Å². The van der Waals surface area contributed by atoms with E-state index in [0.29, 0.717) is 30.1 Å². The Morgan fingerprint density at radius 2 is 1.79 bits per heavy atom. The molecule has 0 bridgehead atoms. The van der Waals surface area contributed by atoms with Crippen LogP contribution in [0.1, 0.15) is 16.1 Å². The van der Waals surface area contributed by atoms with Crippen LogP contribution in [-0.4, -0.2) is 31.6 Å². The monoisotopic (exact) mass is 376 g/mol. The predicted octanol–water partition coefficient (Wildman–Crippen LogP) is 3.60. The van der Waals surface area contributed by atoms with E-state index >= 15 is 0 Å². The Morgan fingerprint density at radius 1 is 1.04 bits per heavy atom. The maximum Gasteiger partial charge on any atom is 0.257 e. The number of nitrogens with two attached hydrogens (primary N) is 1. The maximum absolute atomic E-state index is 12.6. The van der Waals surface area contributed by atoms with Crippen molar-refractivity contribution in [2.45, 2.75) is 6.42 Å². The van der Waals surface area contributed by atoms with Gasteiger partial charge in [-0.05, 0) is 48.5 Å². The van der Waals surface area contributed by atoms with Gasteiger partial charge in [-0.2, -0.15) is 0 Å². The summed E-state index contributed by atoms with van der Waals surface area (Å²) in [6.07, 6.45) is 0.671. The lowest BCUT2D eigenvalue weighted by atomic mass is 10.1. The molecule has 0 spiro atoms. The molecule has 0 radical (unpaired) electrons. The molecule has 0 aliphatic heterocycles. The van der Waals surface area contributed by atoms with Gasteiger partial charge in [-0.25, -0.2) is 4.98 Å². The number of carbonyl (C=O) groups excluding carboxylic acids is 1. The van der Waals surface area contributed by atoms with Gasteiger partial charge in [-0.15, -0.1) is 0 Å². The number of carbonyl (C=O) groups is 1. The first-order chi connectivity index (χ1) is 13.5. The van der Waals surface area contributed by atoms with E-state index in [1.807, 2.05) is 79.7 Å². The number of ether oxygens (including phenoxy) is 1. The summed E-state index contributed by atoms with van der Waals surface area (Å²) >= 11 is 0. The van der Waals surface area contributed by atoms with Crippen molar-refractivity contribution in [3.8, 4) is 5.75 Å². The van der Waals surface area contributed by atoms with Gasteiger partial charge >= 0.3 is 0 Å². The molecule has 1 amide bonds. The molecule has 0 saturated carbocycles. The van der Waals surface area contributed by atoms with Gasteiger partial charge in [0.2, 0.25) is 0 Å². The molecule has 0 aliphatic carbocycles. The zero-order chi connectivity index (χ0) is 19.9. The van der Waals surface area contributed by atoms with Gasteiger partial charge in [0.05, 0.1) is 12.2 Å². The Kier molecular flexibility index (Phi) is 6.11. The highest BCUT2D eigenvalue weighted by atomic mass is 16.5. The Bertz CT molecular complexity index is 939. The van der Waals surface area contributed by atoms with E-state index in [1.54, 1.807) is 6.07 Å². The molecule has 3 rings (SSSR count). The van der Waals surface area contributed by atoms with Crippen LogP contribution in [0.25, 0.3) is 0 Å². The fraction of sp³-hybridized carbons (Fsp3) is 0.182. The van der Waals surface area contributed by atoms with E-state index < -0.39 is 0 Å². The molecule has 1 heterocycles. The summed E-state index contributed by atoms with van der Waals surface area (Å²) in [5.41, 5.74) is 8.78. The second kappa shape index (κ2) is 8.90. The lowest BCUT2D eigenvalue weighted by Crippen LogP contribution is -2.18. The summed E-state index contributed by atoms with van der Waals surface area (Å²) in [7, 11) is 3.83. The molecule has 0 unspecified atom stereocenters. The first-order valence-corrected chi connectivity index (χ1v) is 9.05. The smallest absolute Gasteiger partial charge is 0.257 e. The number of hydrogen-bond donors (Lipinski definition) is 2. The first-order valence-electron chi connectivity index (χ1n) is 9.05. The molecule has 1 aromatic heterocycles. The van der Waals surface area contributed by atoms with Crippen molar-refractivity contribution in [2.24, 2.45) is 0 Å². The van der Waals surface area contributed by atoms with Gasteiger partial charge in [0, 0.05) is 37.6 Å². The fourth-order valence-electron chi connectivity index (χ4n) is 2.80. The molecule has 0 saturated heterocycles. The molecule has 3 aromatic rings. The van der Waals surface area contributed by atoms with Gasteiger partial charge in [0.15, 0.2) is 0 Å². The van der Waals surface area contributed by atoms with Crippen LogP contribution in [0, 0.1) is 0 Å². The Hall–Kier alpha value is -3.54. The van der Waals surface area contributed by atoms with E-state index in [0.717, 1.165) is 17.1 Å². The van der Waals surface area contributed by atoms with Crippen molar-refractivity contribution in [3.05, 3.63) is 78.0 Å². The highest BCUT2D eigenvalue weighted by Gasteiger charge is 2.12. The van der Waals surface area contributed by atoms with Crippen LogP contribution in [0.15, 0.2) is 66.7 Å². The van der Waals surface area contributed by atoms with Crippen LogP contribution in [0.5, 0.6) is 5.75 Å². The standard InChI is InChI=1S/C22H24N4O2/c1-26(2)20-8-4-3-7-19(20)22(27)25-17-10-12-18(13-11-17)28-15-14-16-6-5-9-21(23)24-16/h3-13H,14-15H2,1-2H3,(H2,23,24)(H,25,27). The highest BCUT2D eigenvalue weighted by molar-refractivity contribution is 6.08. The minimum Gasteiger partial charge on any atom is -0.493 e. The third-order valence-electron chi connectivity index (χ3n) is 4.20. The average Bonchev–Trinajstić information content (AvgIpc) is 2.69. The van der Waals surface area contributed by atoms with Crippen LogP contribution >= 0.6 is 0 Å². The number of hydrogen-bond acceptors (Lipinski definition) is 5. The van der Waals surface area contributed by atoms with Crippen molar-refractivity contribution in [1.29, 1.82) is 0 Å². The van der Waals surface area contributed by atoms with Crippen LogP contribution < -0.4 is 20.7 Å². The first kappa shape index (κ1) is 19.2. The maximum atomic E-state index is 12.6. The van der Waals surface area contributed by atoms with E-state index in [4.69, 9.17) is 10.5 Å². The molecular weight excluding hydrogens is 352 g/mol. The minimum absolute atomic E-state index is 0.147. The second-order valence-electron chi connectivity index (χ2n) is 6.54. The number of nitrogen functional groups attached to an aromatic ring is 1. The van der Waals surface area contributed by atoms with Crippen molar-refractivity contribution in [2.75, 3.05) is 36.7 Å². The molecule has 144 valence electrons. The van der Waals surface area contributed by atoms with Gasteiger partial charge in [0.1, 0.15) is 11.6 Å². The van der Waals surface area contributed by atoms with Gasteiger partial charge in [0.25, 0.3) is 5.91 Å². The second-order valence-corrected chi connectivity index (χ2v) is 6.54. The van der Waals surface area contributed by atoms with Crippen LogP contribution in [0.2, 0.25) is 0 Å². The Morgan fingerprint density at radius 3 is 2.50 bits per heavy atom. The SMILES string of the molecule is CN(C)c1ccccc1C(=O)Nc1ccc(OCCc2cccc(N)n2)cc1. The highest BCUT2D eigenvalue weighted by Crippen LogP contribution is 2.21. The van der Waals surface area contributed by atoms with E-state index in [1.165, 1.54) is 0 Å². The number of amides is 1. The molecule has 0 aliphatic rings. The summed E-state index contributed by atoms with van der Waals surface area (Å²) in [6, 6.07) is 20.4. The normalized spacial score (nSPS) is 10.4. The molecule has 0 fully saturated rings. The summed E-state index contributed by atoms with van der Waals surface area (Å²) in [5, 5.41) is 2.92. The number of aromatic nitrogens is 1. The van der Waals surface area contributed by atoms with Gasteiger partial charge < -0.3 is 20.7 Å². The third-order valence-corrected chi connectivity index (χ3v) is 4.20. The number of para-hydroxylation sites is 1. The number of nitrogens with one attached hydrogen (secondary N) is 1. The van der Waals surface area contributed by atoms with Gasteiger partial charge in [-0.3, -0.25) is 4.79 Å². The Labute approximate surface area is 165 Å². The Balaban J connectivity index is 1.56. The van der Waals surface area contributed by atoms with Crippen LogP contribution in [0.3, 0.4) is 0 Å². The fourth-order valence-corrected chi connectivity index (χ4v) is 2.80.